The lowest BCUT2D eigenvalue weighted by Gasteiger charge is -2.25. The van der Waals surface area contributed by atoms with Gasteiger partial charge in [-0.25, -0.2) is 19.7 Å². The third kappa shape index (κ3) is 9.49. The van der Waals surface area contributed by atoms with Crippen molar-refractivity contribution < 1.29 is 23.8 Å². The van der Waals surface area contributed by atoms with Gasteiger partial charge in [-0.15, -0.1) is 5.10 Å². The standard InChI is InChI=1S/C38H46N8O5S/c1-7-11-33-40-31(24-52-21-20-50-27-18-19-30(39)32(22-27)45(6)37(48)51-38(3,4)5)34(36(47)49-8-2)46(33)23-25-14-16-26(17-15-25)28-12-9-10-13-29(28)35-41-43-44-42-35/h9-10,12-19,22H,7-8,11,20-21,23-24,39H2,1-6H3,(H,41,42,43,44). The van der Waals surface area contributed by atoms with E-state index in [1.54, 1.807) is 43.9 Å². The molecule has 0 aliphatic heterocycles. The Morgan fingerprint density at radius 3 is 2.44 bits per heavy atom. The molecule has 0 saturated carbocycles. The number of thioether (sulfide) groups is 1. The summed E-state index contributed by atoms with van der Waals surface area (Å²) in [6.45, 7) is 10.4. The highest BCUT2D eigenvalue weighted by Crippen LogP contribution is 2.31. The van der Waals surface area contributed by atoms with Crippen LogP contribution in [0.15, 0.2) is 66.7 Å². The third-order valence-corrected chi connectivity index (χ3v) is 8.89. The minimum atomic E-state index is -0.636. The Bertz CT molecular complexity index is 1960. The number of esters is 1. The van der Waals surface area contributed by atoms with Crippen molar-refractivity contribution >= 4 is 35.2 Å². The fourth-order valence-corrected chi connectivity index (χ4v) is 6.31. The maximum absolute atomic E-state index is 13.4. The molecule has 0 spiro atoms. The molecule has 14 heteroatoms. The number of hydrogen-bond donors (Lipinski definition) is 2. The van der Waals surface area contributed by atoms with Crippen LogP contribution in [-0.4, -0.2) is 73.9 Å². The minimum Gasteiger partial charge on any atom is -0.493 e. The molecule has 0 radical (unpaired) electrons. The zero-order valence-corrected chi connectivity index (χ0v) is 31.3. The van der Waals surface area contributed by atoms with E-state index >= 15 is 0 Å². The van der Waals surface area contributed by atoms with Crippen molar-refractivity contribution in [1.82, 2.24) is 30.2 Å². The van der Waals surface area contributed by atoms with Crippen molar-refractivity contribution in [3.05, 3.63) is 89.5 Å². The summed E-state index contributed by atoms with van der Waals surface area (Å²) < 4.78 is 19.0. The lowest BCUT2D eigenvalue weighted by atomic mass is 9.98. The van der Waals surface area contributed by atoms with Gasteiger partial charge >= 0.3 is 12.1 Å². The van der Waals surface area contributed by atoms with E-state index in [2.05, 4.69) is 51.8 Å². The van der Waals surface area contributed by atoms with Gasteiger partial charge < -0.3 is 24.5 Å². The van der Waals surface area contributed by atoms with Crippen LogP contribution in [0.3, 0.4) is 0 Å². The lowest BCUT2D eigenvalue weighted by molar-refractivity contribution is 0.0511. The smallest absolute Gasteiger partial charge is 0.414 e. The molecule has 13 nitrogen and oxygen atoms in total. The Labute approximate surface area is 308 Å². The number of H-pyrrole nitrogens is 1. The Kier molecular flexibility index (Phi) is 12.5. The summed E-state index contributed by atoms with van der Waals surface area (Å²) in [7, 11) is 1.61. The van der Waals surface area contributed by atoms with Crippen molar-refractivity contribution in [2.45, 2.75) is 65.4 Å². The number of nitrogen functional groups attached to an aromatic ring is 1. The Morgan fingerprint density at radius 1 is 1.02 bits per heavy atom. The van der Waals surface area contributed by atoms with E-state index < -0.39 is 11.7 Å². The van der Waals surface area contributed by atoms with Crippen LogP contribution in [0.2, 0.25) is 0 Å². The second kappa shape index (κ2) is 17.2. The average molecular weight is 727 g/mol. The van der Waals surface area contributed by atoms with E-state index in [0.29, 0.717) is 65.4 Å². The number of anilines is 2. The van der Waals surface area contributed by atoms with Crippen LogP contribution < -0.4 is 15.4 Å². The molecular formula is C38H46N8O5S. The van der Waals surface area contributed by atoms with Crippen molar-refractivity contribution in [3.8, 4) is 28.3 Å². The number of carbonyl (C=O) groups is 2. The third-order valence-electron chi connectivity index (χ3n) is 7.96. The molecule has 0 aliphatic rings. The van der Waals surface area contributed by atoms with Gasteiger partial charge in [0.1, 0.15) is 17.2 Å². The summed E-state index contributed by atoms with van der Waals surface area (Å²) in [5.41, 5.74) is 11.6. The van der Waals surface area contributed by atoms with Crippen LogP contribution in [-0.2, 0) is 28.2 Å². The van der Waals surface area contributed by atoms with Crippen LogP contribution in [0.4, 0.5) is 16.2 Å². The molecule has 0 bridgehead atoms. The van der Waals surface area contributed by atoms with Crippen molar-refractivity contribution in [1.29, 1.82) is 0 Å². The van der Waals surface area contributed by atoms with Crippen LogP contribution >= 0.6 is 11.8 Å². The molecule has 3 aromatic carbocycles. The van der Waals surface area contributed by atoms with E-state index in [4.69, 9.17) is 24.9 Å². The second-order valence-corrected chi connectivity index (χ2v) is 14.1. The number of ether oxygens (including phenoxy) is 3. The normalized spacial score (nSPS) is 11.3. The molecule has 0 unspecified atom stereocenters. The average Bonchev–Trinajstić information content (AvgIpc) is 3.77. The van der Waals surface area contributed by atoms with Gasteiger partial charge in [0.15, 0.2) is 11.5 Å². The molecule has 0 saturated heterocycles. The summed E-state index contributed by atoms with van der Waals surface area (Å²) in [5, 5.41) is 14.4. The predicted molar refractivity (Wildman–Crippen MR) is 203 cm³/mol. The molecular weight excluding hydrogens is 681 g/mol. The van der Waals surface area contributed by atoms with Gasteiger partial charge in [-0.3, -0.25) is 4.90 Å². The molecule has 0 aliphatic carbocycles. The number of hydrogen-bond acceptors (Lipinski definition) is 11. The van der Waals surface area contributed by atoms with Gasteiger partial charge in [0, 0.05) is 43.1 Å². The number of nitrogens with one attached hydrogen (secondary N) is 1. The van der Waals surface area contributed by atoms with Gasteiger partial charge in [-0.05, 0) is 73.4 Å². The van der Waals surface area contributed by atoms with Crippen molar-refractivity contribution in [3.63, 3.8) is 0 Å². The molecule has 0 atom stereocenters. The van der Waals surface area contributed by atoms with Gasteiger partial charge in [0.05, 0.1) is 30.3 Å². The van der Waals surface area contributed by atoms with Gasteiger partial charge in [-0.1, -0.05) is 55.5 Å². The first-order valence-corrected chi connectivity index (χ1v) is 18.4. The SMILES string of the molecule is CCCc1nc(CSCCOc2ccc(N)c(N(C)C(=O)OC(C)(C)C)c2)c(C(=O)OCC)n1Cc1ccc(-c2ccccc2-c2nnn[nH]2)cc1. The summed E-state index contributed by atoms with van der Waals surface area (Å²) in [4.78, 5) is 32.4. The molecule has 1 amide bonds. The maximum Gasteiger partial charge on any atom is 0.414 e. The first kappa shape index (κ1) is 37.9. The van der Waals surface area contributed by atoms with Crippen LogP contribution in [0.5, 0.6) is 5.75 Å². The van der Waals surface area contributed by atoms with E-state index in [9.17, 15) is 9.59 Å². The molecule has 274 valence electrons. The largest absolute Gasteiger partial charge is 0.493 e. The highest BCUT2D eigenvalue weighted by Gasteiger charge is 2.25. The predicted octanol–water partition coefficient (Wildman–Crippen LogP) is 7.17. The van der Waals surface area contributed by atoms with Gasteiger partial charge in [0.25, 0.3) is 0 Å². The van der Waals surface area contributed by atoms with Crippen LogP contribution in [0, 0.1) is 0 Å². The van der Waals surface area contributed by atoms with Crippen molar-refractivity contribution in [2.75, 3.05) is 36.6 Å². The lowest BCUT2D eigenvalue weighted by Crippen LogP contribution is -2.34. The number of benzene rings is 3. The molecule has 2 heterocycles. The highest BCUT2D eigenvalue weighted by atomic mass is 32.2. The van der Waals surface area contributed by atoms with Gasteiger partial charge in [0.2, 0.25) is 0 Å². The summed E-state index contributed by atoms with van der Waals surface area (Å²) in [6.07, 6.45) is 1.08. The summed E-state index contributed by atoms with van der Waals surface area (Å²) in [5.74, 6) is 2.76. The number of amides is 1. The first-order valence-electron chi connectivity index (χ1n) is 17.2. The van der Waals surface area contributed by atoms with Gasteiger partial charge in [-0.2, -0.15) is 11.8 Å². The highest BCUT2D eigenvalue weighted by molar-refractivity contribution is 7.98. The van der Waals surface area contributed by atoms with E-state index in [1.165, 1.54) is 4.90 Å². The minimum absolute atomic E-state index is 0.259. The number of imidazole rings is 1. The molecule has 5 rings (SSSR count). The van der Waals surface area contributed by atoms with Crippen molar-refractivity contribution in [2.24, 2.45) is 0 Å². The topological polar surface area (TPSA) is 163 Å². The number of aromatic amines is 1. The number of rotatable bonds is 15. The quantitative estimate of drug-likeness (QED) is 0.0639. The number of tetrazole rings is 1. The zero-order chi connectivity index (χ0) is 37.3. The van der Waals surface area contributed by atoms with Crippen LogP contribution in [0.25, 0.3) is 22.5 Å². The maximum atomic E-state index is 13.4. The second-order valence-electron chi connectivity index (χ2n) is 13.0. The molecule has 3 N–H and O–H groups in total. The summed E-state index contributed by atoms with van der Waals surface area (Å²) >= 11 is 1.61. The number of nitrogens with zero attached hydrogens (tertiary/aromatic N) is 6. The number of nitrogens with two attached hydrogens (primary N) is 1. The first-order chi connectivity index (χ1) is 25.0. The molecule has 2 aromatic heterocycles. The Morgan fingerprint density at radius 2 is 1.77 bits per heavy atom. The Balaban J connectivity index is 1.28. The van der Waals surface area contributed by atoms with E-state index in [-0.39, 0.29) is 12.6 Å². The molecule has 52 heavy (non-hydrogen) atoms. The van der Waals surface area contributed by atoms with Crippen LogP contribution in [0.1, 0.15) is 68.6 Å². The monoisotopic (exact) mass is 726 g/mol. The van der Waals surface area contributed by atoms with E-state index in [0.717, 1.165) is 34.5 Å². The fourth-order valence-electron chi connectivity index (χ4n) is 5.57. The molecule has 5 aromatic rings. The Hall–Kier alpha value is -5.37. The number of carbonyl (C=O) groups excluding carboxylic acids is 2. The fraction of sp³-hybridized carbons (Fsp3) is 0.368. The van der Waals surface area contributed by atoms with E-state index in [1.807, 2.05) is 49.6 Å². The number of aryl methyl sites for hydroxylation is 1. The molecule has 0 fully saturated rings. The summed E-state index contributed by atoms with van der Waals surface area (Å²) in [6, 6.07) is 21.4. The number of aromatic nitrogens is 6. The zero-order valence-electron chi connectivity index (χ0n) is 30.5.